The average molecular weight is 242 g/mol. The van der Waals surface area contributed by atoms with Gasteiger partial charge in [-0.25, -0.2) is 12.7 Å². The first-order chi connectivity index (χ1) is 5.17. The molecular formula is C6H12BrNO2S. The molecule has 1 rings (SSSR count). The van der Waals surface area contributed by atoms with Crippen LogP contribution in [0.25, 0.3) is 0 Å². The van der Waals surface area contributed by atoms with E-state index < -0.39 is 10.0 Å². The molecule has 0 N–H and O–H groups in total. The molecule has 0 radical (unpaired) electrons. The number of rotatable bonds is 4. The maximum atomic E-state index is 10.9. The Balaban J connectivity index is 2.19. The molecule has 0 unspecified atom stereocenters. The molecule has 0 bridgehead atoms. The van der Waals surface area contributed by atoms with Gasteiger partial charge in [0.15, 0.2) is 0 Å². The summed E-state index contributed by atoms with van der Waals surface area (Å²) >= 11 is 3.30. The van der Waals surface area contributed by atoms with Gasteiger partial charge in [0.2, 0.25) is 10.0 Å². The molecule has 5 heteroatoms. The Morgan fingerprint density at radius 3 is 2.45 bits per heavy atom. The summed E-state index contributed by atoms with van der Waals surface area (Å²) < 4.78 is 23.4. The van der Waals surface area contributed by atoms with Gasteiger partial charge < -0.3 is 0 Å². The van der Waals surface area contributed by atoms with Gasteiger partial charge in [-0.05, 0) is 12.8 Å². The summed E-state index contributed by atoms with van der Waals surface area (Å²) in [6.07, 6.45) is 2.01. The Morgan fingerprint density at radius 1 is 1.36 bits per heavy atom. The van der Waals surface area contributed by atoms with E-state index in [9.17, 15) is 8.42 Å². The number of halogens is 1. The molecule has 0 atom stereocenters. The first kappa shape index (κ1) is 9.48. The van der Waals surface area contributed by atoms with Crippen molar-refractivity contribution in [1.29, 1.82) is 0 Å². The van der Waals surface area contributed by atoms with Crippen LogP contribution >= 0.6 is 15.9 Å². The van der Waals surface area contributed by atoms with Gasteiger partial charge in [0.1, 0.15) is 0 Å². The topological polar surface area (TPSA) is 37.4 Å². The quantitative estimate of drug-likeness (QED) is 0.540. The molecule has 0 saturated carbocycles. The van der Waals surface area contributed by atoms with Crippen LogP contribution in [-0.4, -0.2) is 36.9 Å². The number of sulfonamides is 1. The highest BCUT2D eigenvalue weighted by Gasteiger charge is 2.31. The Labute approximate surface area is 75.9 Å². The highest BCUT2D eigenvalue weighted by atomic mass is 79.9. The molecule has 0 aromatic rings. The molecule has 1 saturated heterocycles. The van der Waals surface area contributed by atoms with Gasteiger partial charge in [-0.3, -0.25) is 0 Å². The first-order valence-electron chi connectivity index (χ1n) is 3.70. The van der Waals surface area contributed by atoms with Gasteiger partial charge in [0.05, 0.1) is 5.75 Å². The molecule has 1 aliphatic heterocycles. The van der Waals surface area contributed by atoms with Crippen molar-refractivity contribution < 1.29 is 8.42 Å². The van der Waals surface area contributed by atoms with Crippen molar-refractivity contribution in [1.82, 2.24) is 4.31 Å². The van der Waals surface area contributed by atoms with Crippen molar-refractivity contribution in [3.63, 3.8) is 0 Å². The fraction of sp³-hybridized carbons (Fsp3) is 1.00. The van der Waals surface area contributed by atoms with Gasteiger partial charge in [-0.15, -0.1) is 0 Å². The Bertz CT molecular complexity index is 215. The van der Waals surface area contributed by atoms with Crippen molar-refractivity contribution in [3.8, 4) is 0 Å². The van der Waals surface area contributed by atoms with E-state index in [2.05, 4.69) is 15.9 Å². The maximum absolute atomic E-state index is 10.9. The summed E-state index contributed by atoms with van der Waals surface area (Å²) in [7, 11) is -2.78. The molecule has 0 spiro atoms. The van der Waals surface area contributed by atoms with Crippen molar-refractivity contribution in [2.45, 2.75) is 12.8 Å². The van der Waals surface area contributed by atoms with Crippen molar-refractivity contribution >= 4 is 26.0 Å². The SMILES string of the molecule is O=S1(=O)CCN1CCCCBr. The number of hydrogen-bond acceptors (Lipinski definition) is 2. The van der Waals surface area contributed by atoms with Crippen LogP contribution in [0.4, 0.5) is 0 Å². The summed E-state index contributed by atoms with van der Waals surface area (Å²) in [5, 5.41) is 0.959. The third-order valence-electron chi connectivity index (χ3n) is 1.78. The molecule has 0 aromatic carbocycles. The standard InChI is InChI=1S/C6H12BrNO2S/c7-3-1-2-4-8-5-6-11(8,9)10/h1-6H2. The number of unbranched alkanes of at least 4 members (excludes halogenated alkanes) is 1. The second-order valence-electron chi connectivity index (χ2n) is 2.61. The minimum Gasteiger partial charge on any atom is -0.212 e. The molecule has 1 aliphatic rings. The van der Waals surface area contributed by atoms with E-state index in [1.54, 1.807) is 4.31 Å². The molecule has 0 amide bonds. The summed E-state index contributed by atoms with van der Waals surface area (Å²) in [4.78, 5) is 0. The van der Waals surface area contributed by atoms with Crippen molar-refractivity contribution in [2.75, 3.05) is 24.2 Å². The zero-order chi connectivity index (χ0) is 8.32. The van der Waals surface area contributed by atoms with Crippen LogP contribution in [0.2, 0.25) is 0 Å². The highest BCUT2D eigenvalue weighted by Crippen LogP contribution is 2.13. The van der Waals surface area contributed by atoms with Gasteiger partial charge >= 0.3 is 0 Å². The largest absolute Gasteiger partial charge is 0.215 e. The summed E-state index contributed by atoms with van der Waals surface area (Å²) in [6.45, 7) is 1.43. The van der Waals surface area contributed by atoms with Crippen LogP contribution in [0, 0.1) is 0 Å². The summed E-state index contributed by atoms with van der Waals surface area (Å²) in [5.74, 6) is 0.349. The third-order valence-corrected chi connectivity index (χ3v) is 4.19. The lowest BCUT2D eigenvalue weighted by molar-refractivity contribution is 0.378. The van der Waals surface area contributed by atoms with Crippen LogP contribution in [-0.2, 0) is 10.0 Å². The lowest BCUT2D eigenvalue weighted by Crippen LogP contribution is -2.47. The van der Waals surface area contributed by atoms with E-state index >= 15 is 0 Å². The van der Waals surface area contributed by atoms with E-state index in [1.807, 2.05) is 0 Å². The van der Waals surface area contributed by atoms with Gasteiger partial charge in [-0.2, -0.15) is 0 Å². The first-order valence-corrected chi connectivity index (χ1v) is 6.43. The Kier molecular flexibility index (Phi) is 3.33. The Morgan fingerprint density at radius 2 is 2.09 bits per heavy atom. The molecule has 3 nitrogen and oxygen atoms in total. The van der Waals surface area contributed by atoms with Crippen molar-refractivity contribution in [2.24, 2.45) is 0 Å². The predicted molar refractivity (Wildman–Crippen MR) is 48.4 cm³/mol. The van der Waals surface area contributed by atoms with Crippen LogP contribution in [0.5, 0.6) is 0 Å². The minimum absolute atomic E-state index is 0.349. The van der Waals surface area contributed by atoms with Crippen LogP contribution in [0.15, 0.2) is 0 Å². The van der Waals surface area contributed by atoms with Crippen molar-refractivity contribution in [3.05, 3.63) is 0 Å². The number of alkyl halides is 1. The number of hydrogen-bond donors (Lipinski definition) is 0. The van der Waals surface area contributed by atoms with Crippen LogP contribution in [0.1, 0.15) is 12.8 Å². The molecule has 66 valence electrons. The third kappa shape index (κ3) is 2.42. The molecule has 1 heterocycles. The van der Waals surface area contributed by atoms with Crippen LogP contribution in [0.3, 0.4) is 0 Å². The monoisotopic (exact) mass is 241 g/mol. The average Bonchev–Trinajstić information content (AvgIpc) is 1.96. The van der Waals surface area contributed by atoms with Gasteiger partial charge in [-0.1, -0.05) is 15.9 Å². The Hall–Kier alpha value is 0.390. The fourth-order valence-electron chi connectivity index (χ4n) is 1.00. The molecule has 0 aromatic heterocycles. The smallest absolute Gasteiger partial charge is 0.212 e. The molecule has 1 fully saturated rings. The summed E-state index contributed by atoms with van der Waals surface area (Å²) in [6, 6.07) is 0. The molecule has 0 aliphatic carbocycles. The number of nitrogens with zero attached hydrogens (tertiary/aromatic N) is 1. The lowest BCUT2D eigenvalue weighted by atomic mass is 10.3. The highest BCUT2D eigenvalue weighted by molar-refractivity contribution is 9.09. The molecular weight excluding hydrogens is 230 g/mol. The van der Waals surface area contributed by atoms with Gasteiger partial charge in [0.25, 0.3) is 0 Å². The summed E-state index contributed by atoms with van der Waals surface area (Å²) in [5.41, 5.74) is 0. The normalized spacial score (nSPS) is 23.0. The predicted octanol–water partition coefficient (Wildman–Crippen LogP) is 0.807. The van der Waals surface area contributed by atoms with E-state index in [0.717, 1.165) is 24.7 Å². The lowest BCUT2D eigenvalue weighted by Gasteiger charge is -2.29. The van der Waals surface area contributed by atoms with E-state index in [4.69, 9.17) is 0 Å². The fourth-order valence-corrected chi connectivity index (χ4v) is 2.55. The van der Waals surface area contributed by atoms with Gasteiger partial charge in [0, 0.05) is 18.4 Å². The zero-order valence-corrected chi connectivity index (χ0v) is 8.70. The second-order valence-corrected chi connectivity index (χ2v) is 5.49. The van der Waals surface area contributed by atoms with E-state index in [0.29, 0.717) is 12.3 Å². The molecule has 11 heavy (non-hydrogen) atoms. The van der Waals surface area contributed by atoms with E-state index in [1.165, 1.54) is 0 Å². The van der Waals surface area contributed by atoms with E-state index in [-0.39, 0.29) is 0 Å². The minimum atomic E-state index is -2.78. The maximum Gasteiger partial charge on any atom is 0.215 e. The second kappa shape index (κ2) is 3.87. The zero-order valence-electron chi connectivity index (χ0n) is 6.29. The van der Waals surface area contributed by atoms with Crippen LogP contribution < -0.4 is 0 Å².